The molecule has 2 heterocycles. The van der Waals surface area contributed by atoms with E-state index in [1.165, 1.54) is 12.4 Å². The lowest BCUT2D eigenvalue weighted by molar-refractivity contribution is -0.132. The van der Waals surface area contributed by atoms with E-state index in [2.05, 4.69) is 25.3 Å². The molecule has 10 heteroatoms. The highest BCUT2D eigenvalue weighted by Gasteiger charge is 2.33. The van der Waals surface area contributed by atoms with Crippen molar-refractivity contribution in [1.82, 2.24) is 30.2 Å². The molecule has 0 unspecified atom stereocenters. The molecule has 0 spiro atoms. The van der Waals surface area contributed by atoms with E-state index >= 15 is 0 Å². The number of rotatable bonds is 7. The fraction of sp³-hybridized carbons (Fsp3) is 0.353. The van der Waals surface area contributed by atoms with Crippen molar-refractivity contribution >= 4 is 17.5 Å². The van der Waals surface area contributed by atoms with Gasteiger partial charge in [0.15, 0.2) is 5.82 Å². The molecular formula is C17H16ClFN6O2. The summed E-state index contributed by atoms with van der Waals surface area (Å²) in [5, 5.41) is 10.5. The molecule has 2 aromatic heterocycles. The molecule has 140 valence electrons. The van der Waals surface area contributed by atoms with Crippen molar-refractivity contribution < 1.29 is 13.7 Å². The van der Waals surface area contributed by atoms with Crippen LogP contribution in [0.15, 0.2) is 29.0 Å². The van der Waals surface area contributed by atoms with E-state index in [9.17, 15) is 9.18 Å². The molecule has 8 nitrogen and oxygen atoms in total. The van der Waals surface area contributed by atoms with Crippen LogP contribution in [0.1, 0.15) is 30.7 Å². The standard InChI is InChI=1S/C17H16ClFN6O2/c18-12-2-1-3-13(19)11(12)8-25(10-4-5-10)15(26)7-6-14-22-17(24-27-14)16-20-9-21-23-16/h1-3,9-10H,4-8H2,(H,20,21,23). The van der Waals surface area contributed by atoms with E-state index in [4.69, 9.17) is 16.1 Å². The van der Waals surface area contributed by atoms with Crippen LogP contribution in [-0.4, -0.2) is 42.2 Å². The van der Waals surface area contributed by atoms with Gasteiger partial charge in [-0.15, -0.1) is 0 Å². The Balaban J connectivity index is 1.41. The molecule has 1 saturated carbocycles. The molecule has 1 aromatic carbocycles. The topological polar surface area (TPSA) is 101 Å². The number of nitrogens with one attached hydrogen (secondary N) is 1. The Morgan fingerprint density at radius 3 is 2.96 bits per heavy atom. The number of aromatic amines is 1. The van der Waals surface area contributed by atoms with E-state index in [1.54, 1.807) is 17.0 Å². The van der Waals surface area contributed by atoms with Gasteiger partial charge in [0.25, 0.3) is 0 Å². The average molecular weight is 391 g/mol. The Morgan fingerprint density at radius 1 is 1.41 bits per heavy atom. The van der Waals surface area contributed by atoms with Crippen LogP contribution in [0.2, 0.25) is 5.02 Å². The summed E-state index contributed by atoms with van der Waals surface area (Å²) in [4.78, 5) is 22.5. The molecule has 3 aromatic rings. The van der Waals surface area contributed by atoms with Crippen LogP contribution in [0.5, 0.6) is 0 Å². The van der Waals surface area contributed by atoms with Gasteiger partial charge >= 0.3 is 0 Å². The monoisotopic (exact) mass is 390 g/mol. The van der Waals surface area contributed by atoms with E-state index < -0.39 is 5.82 Å². The zero-order valence-electron chi connectivity index (χ0n) is 14.2. The first-order chi connectivity index (χ1) is 13.1. The lowest BCUT2D eigenvalue weighted by Gasteiger charge is -2.23. The minimum absolute atomic E-state index is 0.101. The summed E-state index contributed by atoms with van der Waals surface area (Å²) < 4.78 is 19.2. The quantitative estimate of drug-likeness (QED) is 0.665. The van der Waals surface area contributed by atoms with Crippen molar-refractivity contribution in [2.45, 2.75) is 38.3 Å². The molecule has 1 N–H and O–H groups in total. The molecule has 0 saturated heterocycles. The summed E-state index contributed by atoms with van der Waals surface area (Å²) in [5.41, 5.74) is 0.338. The Labute approximate surface area is 158 Å². The van der Waals surface area contributed by atoms with Crippen LogP contribution in [0, 0.1) is 5.82 Å². The minimum Gasteiger partial charge on any atom is -0.339 e. The summed E-state index contributed by atoms with van der Waals surface area (Å²) >= 11 is 6.10. The largest absolute Gasteiger partial charge is 0.339 e. The highest BCUT2D eigenvalue weighted by Crippen LogP contribution is 2.31. The first-order valence-corrected chi connectivity index (χ1v) is 8.90. The Morgan fingerprint density at radius 2 is 2.26 bits per heavy atom. The molecular weight excluding hydrogens is 375 g/mol. The van der Waals surface area contributed by atoms with Crippen LogP contribution >= 0.6 is 11.6 Å². The maximum Gasteiger partial charge on any atom is 0.239 e. The number of nitrogens with zero attached hydrogens (tertiary/aromatic N) is 5. The van der Waals surface area contributed by atoms with Crippen LogP contribution in [0.25, 0.3) is 11.6 Å². The number of carbonyl (C=O) groups excluding carboxylic acids is 1. The number of amides is 1. The number of hydrogen-bond acceptors (Lipinski definition) is 6. The predicted molar refractivity (Wildman–Crippen MR) is 93.0 cm³/mol. The van der Waals surface area contributed by atoms with Crippen LogP contribution in [0.3, 0.4) is 0 Å². The average Bonchev–Trinajstić information content (AvgIpc) is 3.15. The maximum absolute atomic E-state index is 14.1. The van der Waals surface area contributed by atoms with Gasteiger partial charge in [-0.2, -0.15) is 10.1 Å². The first-order valence-electron chi connectivity index (χ1n) is 8.52. The smallest absolute Gasteiger partial charge is 0.239 e. The van der Waals surface area contributed by atoms with Gasteiger partial charge in [-0.05, 0) is 25.0 Å². The highest BCUT2D eigenvalue weighted by molar-refractivity contribution is 6.31. The molecule has 1 aliphatic carbocycles. The Bertz CT molecular complexity index is 921. The lowest BCUT2D eigenvalue weighted by Crippen LogP contribution is -2.33. The third kappa shape index (κ3) is 3.97. The lowest BCUT2D eigenvalue weighted by atomic mass is 10.1. The fourth-order valence-electron chi connectivity index (χ4n) is 2.78. The van der Waals surface area contributed by atoms with Gasteiger partial charge < -0.3 is 9.42 Å². The van der Waals surface area contributed by atoms with E-state index in [0.29, 0.717) is 22.3 Å². The van der Waals surface area contributed by atoms with Gasteiger partial charge in [-0.25, -0.2) is 9.37 Å². The zero-order valence-corrected chi connectivity index (χ0v) is 15.0. The highest BCUT2D eigenvalue weighted by atomic mass is 35.5. The van der Waals surface area contributed by atoms with Crippen LogP contribution in [0.4, 0.5) is 4.39 Å². The van der Waals surface area contributed by atoms with Gasteiger partial charge in [-0.3, -0.25) is 9.89 Å². The molecule has 27 heavy (non-hydrogen) atoms. The number of aromatic nitrogens is 5. The summed E-state index contributed by atoms with van der Waals surface area (Å²) in [6, 6.07) is 4.64. The van der Waals surface area contributed by atoms with Gasteiger partial charge in [0.05, 0.1) is 6.54 Å². The van der Waals surface area contributed by atoms with E-state index in [1.807, 2.05) is 0 Å². The van der Waals surface area contributed by atoms with E-state index in [0.717, 1.165) is 12.8 Å². The second kappa shape index (κ2) is 7.43. The summed E-state index contributed by atoms with van der Waals surface area (Å²) in [5.74, 6) is 0.498. The molecule has 0 radical (unpaired) electrons. The number of benzene rings is 1. The molecule has 1 fully saturated rings. The van der Waals surface area contributed by atoms with Crippen molar-refractivity contribution in [3.05, 3.63) is 46.8 Å². The third-order valence-electron chi connectivity index (χ3n) is 4.35. The maximum atomic E-state index is 14.1. The normalized spacial score (nSPS) is 13.7. The van der Waals surface area contributed by atoms with Gasteiger partial charge in [0.1, 0.15) is 12.1 Å². The van der Waals surface area contributed by atoms with Crippen molar-refractivity contribution in [2.24, 2.45) is 0 Å². The number of carbonyl (C=O) groups is 1. The number of H-pyrrole nitrogens is 1. The van der Waals surface area contributed by atoms with E-state index in [-0.39, 0.29) is 37.2 Å². The van der Waals surface area contributed by atoms with Crippen molar-refractivity contribution in [3.8, 4) is 11.6 Å². The first kappa shape index (κ1) is 17.6. The van der Waals surface area contributed by atoms with Crippen LogP contribution < -0.4 is 0 Å². The van der Waals surface area contributed by atoms with Crippen molar-refractivity contribution in [2.75, 3.05) is 0 Å². The summed E-state index contributed by atoms with van der Waals surface area (Å²) in [7, 11) is 0. The summed E-state index contributed by atoms with van der Waals surface area (Å²) in [6.07, 6.45) is 3.63. The van der Waals surface area contributed by atoms with Gasteiger partial charge in [0, 0.05) is 29.5 Å². The molecule has 0 bridgehead atoms. The number of halogens is 2. The Hall–Kier alpha value is -2.81. The second-order valence-corrected chi connectivity index (χ2v) is 6.71. The predicted octanol–water partition coefficient (Wildman–Crippen LogP) is 2.77. The molecule has 0 aliphatic heterocycles. The summed E-state index contributed by atoms with van der Waals surface area (Å²) in [6.45, 7) is 0.155. The molecule has 1 aliphatic rings. The fourth-order valence-corrected chi connectivity index (χ4v) is 3.01. The number of aryl methyl sites for hydroxylation is 1. The van der Waals surface area contributed by atoms with Gasteiger partial charge in [0.2, 0.25) is 17.6 Å². The molecule has 0 atom stereocenters. The second-order valence-electron chi connectivity index (χ2n) is 6.30. The molecule has 4 rings (SSSR count). The SMILES string of the molecule is O=C(CCc1nc(-c2ncn[nH]2)no1)N(Cc1c(F)cccc1Cl)C1CC1. The number of hydrogen-bond donors (Lipinski definition) is 1. The Kier molecular flexibility index (Phi) is 4.85. The minimum atomic E-state index is -0.408. The molecule has 1 amide bonds. The van der Waals surface area contributed by atoms with Crippen LogP contribution in [-0.2, 0) is 17.8 Å². The van der Waals surface area contributed by atoms with Crippen molar-refractivity contribution in [3.63, 3.8) is 0 Å². The third-order valence-corrected chi connectivity index (χ3v) is 4.70. The zero-order chi connectivity index (χ0) is 18.8. The van der Waals surface area contributed by atoms with Gasteiger partial charge in [-0.1, -0.05) is 22.8 Å². The van der Waals surface area contributed by atoms with Crippen molar-refractivity contribution in [1.29, 1.82) is 0 Å².